The number of aromatic nitrogens is 1. The highest BCUT2D eigenvalue weighted by molar-refractivity contribution is 5.99. The van der Waals surface area contributed by atoms with Gasteiger partial charge in [0.2, 0.25) is 11.8 Å². The molecule has 16 heteroatoms. The number of rotatable bonds is 28. The number of amides is 2. The van der Waals surface area contributed by atoms with E-state index in [9.17, 15) is 19.5 Å². The molecule has 1 aromatic heterocycles. The van der Waals surface area contributed by atoms with E-state index >= 15 is 0 Å². The Kier molecular flexibility index (Phi) is 19.6. The van der Waals surface area contributed by atoms with E-state index in [1.807, 2.05) is 67.6 Å². The molecule has 0 unspecified atom stereocenters. The van der Waals surface area contributed by atoms with Crippen LogP contribution in [0.25, 0.3) is 32.3 Å². The number of aliphatic carboxylic acids is 1. The van der Waals surface area contributed by atoms with Crippen molar-refractivity contribution in [3.05, 3.63) is 101 Å². The molecule has 0 saturated heterocycles. The van der Waals surface area contributed by atoms with Crippen LogP contribution in [0.4, 0.5) is 5.82 Å². The fourth-order valence-corrected chi connectivity index (χ4v) is 5.71. The van der Waals surface area contributed by atoms with Crippen LogP contribution >= 0.6 is 0 Å². The number of fused-ring (bicyclic) bond motifs is 1. The molecule has 0 bridgehead atoms. The maximum atomic E-state index is 12.8. The van der Waals surface area contributed by atoms with Crippen LogP contribution < -0.4 is 20.7 Å². The van der Waals surface area contributed by atoms with Gasteiger partial charge in [-0.05, 0) is 64.7 Å². The molecule has 3 aromatic carbocycles. The number of carboxylic acids is 1. The van der Waals surface area contributed by atoms with Crippen LogP contribution in [-0.2, 0) is 33.3 Å². The van der Waals surface area contributed by atoms with Crippen LogP contribution in [0.2, 0.25) is 0 Å². The largest absolute Gasteiger partial charge is 0.491 e. The first-order valence-electron chi connectivity index (χ1n) is 18.8. The highest BCUT2D eigenvalue weighted by Crippen LogP contribution is 2.34. The van der Waals surface area contributed by atoms with E-state index in [1.54, 1.807) is 18.3 Å². The molecule has 2 amide bonds. The number of hydrogen-bond acceptors (Lipinski definition) is 11. The van der Waals surface area contributed by atoms with Gasteiger partial charge in [-0.15, -0.1) is 0 Å². The molecule has 1 atom stereocenters. The van der Waals surface area contributed by atoms with Crippen molar-refractivity contribution < 1.29 is 43.2 Å². The van der Waals surface area contributed by atoms with Crippen LogP contribution in [0.1, 0.15) is 36.4 Å². The number of ether oxygens (including phenoxy) is 5. The lowest BCUT2D eigenvalue weighted by atomic mass is 9.95. The minimum atomic E-state index is -1.06. The van der Waals surface area contributed by atoms with Gasteiger partial charge in [-0.3, -0.25) is 14.4 Å². The Morgan fingerprint density at radius 3 is 2.18 bits per heavy atom. The summed E-state index contributed by atoms with van der Waals surface area (Å²) >= 11 is 0. The van der Waals surface area contributed by atoms with Gasteiger partial charge in [-0.25, -0.2) is 4.98 Å². The lowest BCUT2D eigenvalue weighted by molar-refractivity contribution is -0.138. The third kappa shape index (κ3) is 16.5. The zero-order valence-electron chi connectivity index (χ0n) is 32.2. The van der Waals surface area contributed by atoms with E-state index in [1.165, 1.54) is 0 Å². The van der Waals surface area contributed by atoms with Crippen molar-refractivity contribution in [2.24, 2.45) is 5.11 Å². The number of carbonyl (C=O) groups excluding carboxylic acids is 2. The summed E-state index contributed by atoms with van der Waals surface area (Å²) in [6.07, 6.45) is 2.17. The van der Waals surface area contributed by atoms with Crippen LogP contribution in [0.15, 0.2) is 84.1 Å². The second-order valence-corrected chi connectivity index (χ2v) is 12.8. The predicted molar refractivity (Wildman–Crippen MR) is 215 cm³/mol. The fourth-order valence-electron chi connectivity index (χ4n) is 5.71. The molecule has 4 N–H and O–H groups in total. The number of anilines is 1. The first-order valence-corrected chi connectivity index (χ1v) is 18.8. The highest BCUT2D eigenvalue weighted by Gasteiger charge is 2.19. The predicted octanol–water partition coefficient (Wildman–Crippen LogP) is 5.61. The third-order valence-electron chi connectivity index (χ3n) is 8.47. The minimum absolute atomic E-state index is 0.221. The average molecular weight is 786 g/mol. The summed E-state index contributed by atoms with van der Waals surface area (Å²) in [7, 11) is 0. The maximum absolute atomic E-state index is 12.8. The van der Waals surface area contributed by atoms with Gasteiger partial charge >= 0.3 is 5.97 Å². The monoisotopic (exact) mass is 785 g/mol. The molecular weight excluding hydrogens is 734 g/mol. The van der Waals surface area contributed by atoms with Gasteiger partial charge < -0.3 is 44.7 Å². The van der Waals surface area contributed by atoms with Gasteiger partial charge in [0.05, 0.1) is 71.9 Å². The second-order valence-electron chi connectivity index (χ2n) is 12.8. The number of carbonyl (C=O) groups is 3. The topological polar surface area (TPSA) is 215 Å². The Bertz CT molecular complexity index is 1910. The molecule has 4 rings (SSSR count). The normalized spacial score (nSPS) is 11.4. The van der Waals surface area contributed by atoms with Crippen LogP contribution in [0, 0.1) is 6.92 Å². The van der Waals surface area contributed by atoms with Crippen molar-refractivity contribution >= 4 is 34.4 Å². The Labute approximate surface area is 331 Å². The van der Waals surface area contributed by atoms with Gasteiger partial charge in [-0.1, -0.05) is 59.7 Å². The molecule has 304 valence electrons. The Morgan fingerprint density at radius 2 is 1.49 bits per heavy atom. The zero-order valence-corrected chi connectivity index (χ0v) is 32.2. The quantitative estimate of drug-likeness (QED) is 0.0240. The van der Waals surface area contributed by atoms with Gasteiger partial charge in [0.15, 0.2) is 0 Å². The number of aryl methyl sites for hydroxylation is 1. The van der Waals surface area contributed by atoms with Crippen molar-refractivity contribution in [2.45, 2.75) is 32.2 Å². The molecule has 0 fully saturated rings. The maximum Gasteiger partial charge on any atom is 0.305 e. The SMILES string of the molecule is Cc1ccnc(NCCCC(=O)NCC(=O)N[C@@H](CC(=O)O)c2ccc(-c3cccc4c(OCCOCCOCCOCCOCCN=[N+]=[N-])cccc34)cc2)c1. The minimum Gasteiger partial charge on any atom is -0.491 e. The molecule has 1 heterocycles. The molecule has 0 aliphatic rings. The second kappa shape index (κ2) is 25.4. The van der Waals surface area contributed by atoms with Gasteiger partial charge in [0.25, 0.3) is 0 Å². The highest BCUT2D eigenvalue weighted by atomic mass is 16.6. The first-order chi connectivity index (χ1) is 27.8. The Morgan fingerprint density at radius 1 is 0.825 bits per heavy atom. The van der Waals surface area contributed by atoms with E-state index in [2.05, 4.69) is 31.0 Å². The van der Waals surface area contributed by atoms with Crippen LogP contribution in [0.3, 0.4) is 0 Å². The van der Waals surface area contributed by atoms with Crippen LogP contribution in [0.5, 0.6) is 5.75 Å². The van der Waals surface area contributed by atoms with E-state index in [4.69, 9.17) is 29.2 Å². The number of nitrogens with one attached hydrogen (secondary N) is 3. The number of azide groups is 1. The molecule has 4 aromatic rings. The Balaban J connectivity index is 1.19. The van der Waals surface area contributed by atoms with Gasteiger partial charge in [0, 0.05) is 36.0 Å². The molecule has 0 aliphatic heterocycles. The van der Waals surface area contributed by atoms with E-state index in [0.717, 1.165) is 39.0 Å². The fraction of sp³-hybridized carbons (Fsp3) is 0.415. The summed E-state index contributed by atoms with van der Waals surface area (Å²) in [4.78, 5) is 43.7. The summed E-state index contributed by atoms with van der Waals surface area (Å²) in [5.41, 5.74) is 11.8. The molecular formula is C41H51N7O9. The van der Waals surface area contributed by atoms with E-state index in [0.29, 0.717) is 84.5 Å². The Hall–Kier alpha value is -5.77. The smallest absolute Gasteiger partial charge is 0.305 e. The van der Waals surface area contributed by atoms with Crippen molar-refractivity contribution in [1.82, 2.24) is 15.6 Å². The number of carboxylic acid groups (broad SMARTS) is 1. The van der Waals surface area contributed by atoms with Crippen molar-refractivity contribution in [2.75, 3.05) is 84.4 Å². The average Bonchev–Trinajstić information content (AvgIpc) is 3.21. The van der Waals surface area contributed by atoms with Crippen LogP contribution in [-0.4, -0.2) is 107 Å². The third-order valence-corrected chi connectivity index (χ3v) is 8.47. The molecule has 57 heavy (non-hydrogen) atoms. The molecule has 0 spiro atoms. The lowest BCUT2D eigenvalue weighted by Crippen LogP contribution is -2.39. The van der Waals surface area contributed by atoms with E-state index in [-0.39, 0.29) is 25.3 Å². The van der Waals surface area contributed by atoms with Crippen molar-refractivity contribution in [3.63, 3.8) is 0 Å². The van der Waals surface area contributed by atoms with Crippen molar-refractivity contribution in [3.8, 4) is 16.9 Å². The summed E-state index contributed by atoms with van der Waals surface area (Å²) in [6, 6.07) is 22.2. The van der Waals surface area contributed by atoms with E-state index < -0.39 is 17.9 Å². The summed E-state index contributed by atoms with van der Waals surface area (Å²) in [6.45, 7) is 6.25. The zero-order chi connectivity index (χ0) is 40.5. The van der Waals surface area contributed by atoms with Gasteiger partial charge in [0.1, 0.15) is 18.2 Å². The molecule has 0 aliphatic carbocycles. The molecule has 0 radical (unpaired) electrons. The van der Waals surface area contributed by atoms with Crippen molar-refractivity contribution in [1.29, 1.82) is 0 Å². The summed E-state index contributed by atoms with van der Waals surface area (Å²) in [5, 5.41) is 23.4. The first kappa shape index (κ1) is 44.0. The standard InChI is InChI=1S/C41H51N7O9/c1-30-14-16-44-38(27-30)43-15-4-9-39(49)45-29-40(50)47-36(28-41(51)52)32-12-10-31(11-13-32)33-5-2-7-35-34(33)6-3-8-37(35)57-26-25-56-24-23-55-22-21-54-20-19-53-18-17-46-48-42/h2-3,5-8,10-14,16,27,36H,4,9,15,17-26,28-29H2,1H3,(H,43,44)(H,45,49)(H,47,50)(H,51,52)/t36-/m0/s1. The molecule has 16 nitrogen and oxygen atoms in total. The number of nitrogens with zero attached hydrogens (tertiary/aromatic N) is 4. The number of hydrogen-bond donors (Lipinski definition) is 4. The van der Waals surface area contributed by atoms with Gasteiger partial charge in [-0.2, -0.15) is 0 Å². The lowest BCUT2D eigenvalue weighted by Gasteiger charge is -2.18. The number of benzene rings is 3. The summed E-state index contributed by atoms with van der Waals surface area (Å²) in [5.74, 6) is -0.368. The number of pyridine rings is 1. The molecule has 0 saturated carbocycles. The summed E-state index contributed by atoms with van der Waals surface area (Å²) < 4.78 is 27.9.